The number of imidazole rings is 1. The molecule has 1 aliphatic heterocycles. The van der Waals surface area contributed by atoms with E-state index < -0.39 is 0 Å². The summed E-state index contributed by atoms with van der Waals surface area (Å²) in [5.74, 6) is 2.34. The highest BCUT2D eigenvalue weighted by molar-refractivity contribution is 9.10. The van der Waals surface area contributed by atoms with Gasteiger partial charge in [0.15, 0.2) is 0 Å². The molecule has 2 N–H and O–H groups in total. The third-order valence-corrected chi connectivity index (χ3v) is 6.88. The molecule has 1 fully saturated rings. The average Bonchev–Trinajstić information content (AvgIpc) is 3.39. The van der Waals surface area contributed by atoms with Crippen LogP contribution >= 0.6 is 15.9 Å². The standard InChI is InChI=1S/C25H32BrN7O2/c1-4-20-17(2)30-25(32-11-9-28-16-32)31-24(20)33-12-10-27-15-19(33)14-23(34)29-8-7-18-5-6-22(35-3)21(26)13-18/h5-6,9,11,13,16,19,27H,4,7-8,10,12,14-15H2,1-3H3,(H,29,34). The van der Waals surface area contributed by atoms with Crippen LogP contribution in [0.2, 0.25) is 0 Å². The monoisotopic (exact) mass is 541 g/mol. The second kappa shape index (κ2) is 11.6. The van der Waals surface area contributed by atoms with Crippen molar-refractivity contribution < 1.29 is 9.53 Å². The molecule has 1 unspecified atom stereocenters. The molecule has 1 aliphatic rings. The van der Waals surface area contributed by atoms with Gasteiger partial charge >= 0.3 is 0 Å². The minimum Gasteiger partial charge on any atom is -0.496 e. The normalized spacial score (nSPS) is 15.8. The number of carbonyl (C=O) groups excluding carboxylic acids is 1. The maximum absolute atomic E-state index is 12.9. The van der Waals surface area contributed by atoms with Gasteiger partial charge in [0.1, 0.15) is 17.9 Å². The Morgan fingerprint density at radius 2 is 2.20 bits per heavy atom. The molecule has 1 atom stereocenters. The Labute approximate surface area is 214 Å². The summed E-state index contributed by atoms with van der Waals surface area (Å²) < 4.78 is 8.01. The number of amides is 1. The largest absolute Gasteiger partial charge is 0.496 e. The first-order valence-electron chi connectivity index (χ1n) is 11.9. The molecule has 10 heteroatoms. The van der Waals surface area contributed by atoms with Crippen LogP contribution in [0.25, 0.3) is 5.95 Å². The molecule has 4 rings (SSSR count). The van der Waals surface area contributed by atoms with E-state index in [-0.39, 0.29) is 11.9 Å². The van der Waals surface area contributed by atoms with Gasteiger partial charge in [-0.1, -0.05) is 13.0 Å². The lowest BCUT2D eigenvalue weighted by atomic mass is 10.1. The minimum atomic E-state index is 0.00844. The predicted molar refractivity (Wildman–Crippen MR) is 139 cm³/mol. The first-order chi connectivity index (χ1) is 17.0. The number of anilines is 1. The van der Waals surface area contributed by atoms with Crippen molar-refractivity contribution in [1.82, 2.24) is 30.2 Å². The molecule has 1 amide bonds. The summed E-state index contributed by atoms with van der Waals surface area (Å²) >= 11 is 3.52. The van der Waals surface area contributed by atoms with E-state index in [1.54, 1.807) is 19.6 Å². The van der Waals surface area contributed by atoms with Gasteiger partial charge in [0.2, 0.25) is 11.9 Å². The number of halogens is 1. The second-order valence-electron chi connectivity index (χ2n) is 8.56. The highest BCUT2D eigenvalue weighted by Crippen LogP contribution is 2.27. The number of nitrogens with zero attached hydrogens (tertiary/aromatic N) is 5. The van der Waals surface area contributed by atoms with Crippen molar-refractivity contribution in [2.75, 3.05) is 38.2 Å². The lowest BCUT2D eigenvalue weighted by molar-refractivity contribution is -0.121. The fourth-order valence-electron chi connectivity index (χ4n) is 4.43. The van der Waals surface area contributed by atoms with Gasteiger partial charge in [-0.3, -0.25) is 9.36 Å². The molecule has 35 heavy (non-hydrogen) atoms. The van der Waals surface area contributed by atoms with Crippen molar-refractivity contribution in [2.24, 2.45) is 0 Å². The van der Waals surface area contributed by atoms with E-state index in [4.69, 9.17) is 14.7 Å². The third-order valence-electron chi connectivity index (χ3n) is 6.26. The van der Waals surface area contributed by atoms with Crippen molar-refractivity contribution in [3.63, 3.8) is 0 Å². The van der Waals surface area contributed by atoms with E-state index in [1.165, 1.54) is 0 Å². The average molecular weight is 542 g/mol. The number of nitrogens with one attached hydrogen (secondary N) is 2. The molecule has 2 aromatic heterocycles. The molecule has 186 valence electrons. The molecule has 3 heterocycles. The van der Waals surface area contributed by atoms with Crippen LogP contribution in [0.15, 0.2) is 41.4 Å². The molecule has 0 spiro atoms. The van der Waals surface area contributed by atoms with Crippen LogP contribution in [-0.2, 0) is 17.6 Å². The molecular weight excluding hydrogens is 510 g/mol. The Morgan fingerprint density at radius 3 is 2.91 bits per heavy atom. The summed E-state index contributed by atoms with van der Waals surface area (Å²) in [6.07, 6.45) is 7.23. The van der Waals surface area contributed by atoms with Crippen LogP contribution in [0.4, 0.5) is 5.82 Å². The van der Waals surface area contributed by atoms with E-state index in [2.05, 4.69) is 43.4 Å². The molecule has 0 radical (unpaired) electrons. The molecule has 0 saturated carbocycles. The quantitative estimate of drug-likeness (QED) is 0.429. The first-order valence-corrected chi connectivity index (χ1v) is 12.7. The van der Waals surface area contributed by atoms with Crippen LogP contribution in [0.5, 0.6) is 5.75 Å². The van der Waals surface area contributed by atoms with Gasteiger partial charge in [0.25, 0.3) is 0 Å². The summed E-state index contributed by atoms with van der Waals surface area (Å²) in [6, 6.07) is 5.98. The fraction of sp³-hybridized carbons (Fsp3) is 0.440. The zero-order valence-corrected chi connectivity index (χ0v) is 22.0. The van der Waals surface area contributed by atoms with Crippen molar-refractivity contribution in [3.05, 3.63) is 58.2 Å². The number of methoxy groups -OCH3 is 1. The predicted octanol–water partition coefficient (Wildman–Crippen LogP) is 2.83. The molecule has 0 aliphatic carbocycles. The number of aryl methyl sites for hydroxylation is 1. The van der Waals surface area contributed by atoms with Crippen LogP contribution in [0.1, 0.15) is 30.2 Å². The Hall–Kier alpha value is -2.98. The fourth-order valence-corrected chi connectivity index (χ4v) is 5.02. The van der Waals surface area contributed by atoms with E-state index in [0.717, 1.165) is 65.3 Å². The van der Waals surface area contributed by atoms with E-state index >= 15 is 0 Å². The SMILES string of the molecule is CCc1c(C)nc(-n2ccnc2)nc1N1CCNCC1CC(=O)NCCc1ccc(OC)c(Br)c1. The van der Waals surface area contributed by atoms with Gasteiger partial charge in [0, 0.05) is 56.3 Å². The Bertz CT molecular complexity index is 1150. The van der Waals surface area contributed by atoms with Crippen molar-refractivity contribution in [3.8, 4) is 11.7 Å². The summed E-state index contributed by atoms with van der Waals surface area (Å²) in [6.45, 7) is 7.07. The number of piperazine rings is 1. The maximum Gasteiger partial charge on any atom is 0.237 e. The van der Waals surface area contributed by atoms with E-state index in [0.29, 0.717) is 18.9 Å². The minimum absolute atomic E-state index is 0.00844. The third kappa shape index (κ3) is 5.99. The van der Waals surface area contributed by atoms with Gasteiger partial charge in [-0.25, -0.2) is 9.97 Å². The zero-order valence-electron chi connectivity index (χ0n) is 20.4. The topological polar surface area (TPSA) is 97.2 Å². The highest BCUT2D eigenvalue weighted by Gasteiger charge is 2.28. The van der Waals surface area contributed by atoms with Gasteiger partial charge in [0.05, 0.1) is 17.6 Å². The second-order valence-corrected chi connectivity index (χ2v) is 9.41. The highest BCUT2D eigenvalue weighted by atomic mass is 79.9. The molecule has 0 bridgehead atoms. The van der Waals surface area contributed by atoms with E-state index in [9.17, 15) is 4.79 Å². The lowest BCUT2D eigenvalue weighted by Crippen LogP contribution is -2.53. The number of aromatic nitrogens is 4. The zero-order chi connectivity index (χ0) is 24.8. The molecule has 3 aromatic rings. The summed E-state index contributed by atoms with van der Waals surface area (Å²) in [5.41, 5.74) is 3.20. The number of benzene rings is 1. The molecule has 1 saturated heterocycles. The number of ether oxygens (including phenoxy) is 1. The van der Waals surface area contributed by atoms with Gasteiger partial charge in [-0.15, -0.1) is 0 Å². The summed E-state index contributed by atoms with van der Waals surface area (Å²) in [5, 5.41) is 6.52. The number of hydrogen-bond donors (Lipinski definition) is 2. The van der Waals surface area contributed by atoms with Gasteiger partial charge < -0.3 is 20.3 Å². The lowest BCUT2D eigenvalue weighted by Gasteiger charge is -2.38. The number of carbonyl (C=O) groups is 1. The molecule has 9 nitrogen and oxygen atoms in total. The summed E-state index contributed by atoms with van der Waals surface area (Å²) in [7, 11) is 1.65. The Morgan fingerprint density at radius 1 is 1.34 bits per heavy atom. The van der Waals surface area contributed by atoms with Gasteiger partial charge in [-0.05, 0) is 53.4 Å². The van der Waals surface area contributed by atoms with Crippen molar-refractivity contribution >= 4 is 27.7 Å². The van der Waals surface area contributed by atoms with Crippen LogP contribution in [-0.4, -0.2) is 64.8 Å². The number of rotatable bonds is 9. The Kier molecular flexibility index (Phi) is 8.35. The van der Waals surface area contributed by atoms with Gasteiger partial charge in [-0.2, -0.15) is 4.98 Å². The maximum atomic E-state index is 12.9. The van der Waals surface area contributed by atoms with E-state index in [1.807, 2.05) is 35.9 Å². The Balaban J connectivity index is 1.44. The molecule has 1 aromatic carbocycles. The summed E-state index contributed by atoms with van der Waals surface area (Å²) in [4.78, 5) is 28.9. The smallest absolute Gasteiger partial charge is 0.237 e. The van der Waals surface area contributed by atoms with Crippen LogP contribution < -0.4 is 20.3 Å². The van der Waals surface area contributed by atoms with Crippen molar-refractivity contribution in [1.29, 1.82) is 0 Å². The van der Waals surface area contributed by atoms with Crippen molar-refractivity contribution in [2.45, 2.75) is 39.2 Å². The first kappa shape index (κ1) is 25.1. The number of hydrogen-bond acceptors (Lipinski definition) is 7. The van der Waals surface area contributed by atoms with Crippen LogP contribution in [0.3, 0.4) is 0 Å². The molecular formula is C25H32BrN7O2. The van der Waals surface area contributed by atoms with Crippen LogP contribution in [0, 0.1) is 6.92 Å².